The van der Waals surface area contributed by atoms with Crippen LogP contribution in [0.4, 0.5) is 11.4 Å². The van der Waals surface area contributed by atoms with E-state index in [9.17, 15) is 0 Å². The van der Waals surface area contributed by atoms with Gasteiger partial charge in [0, 0.05) is 16.6 Å². The monoisotopic (exact) mass is 311 g/mol. The fourth-order valence-electron chi connectivity index (χ4n) is 2.85. The van der Waals surface area contributed by atoms with Crippen molar-refractivity contribution in [2.45, 2.75) is 6.92 Å². The van der Waals surface area contributed by atoms with Gasteiger partial charge in [-0.2, -0.15) is 5.11 Å². The molecule has 1 heterocycles. The summed E-state index contributed by atoms with van der Waals surface area (Å²) in [6.45, 7) is 2.02. The van der Waals surface area contributed by atoms with Gasteiger partial charge in [-0.3, -0.25) is 0 Å². The summed E-state index contributed by atoms with van der Waals surface area (Å²) in [5, 5.41) is 9.96. The number of nitrogens with one attached hydrogen (secondary N) is 1. The Kier molecular flexibility index (Phi) is 3.67. The van der Waals surface area contributed by atoms with Crippen molar-refractivity contribution in [2.75, 3.05) is 0 Å². The van der Waals surface area contributed by atoms with Crippen molar-refractivity contribution in [3.05, 3.63) is 84.6 Å². The Balaban J connectivity index is 1.63. The summed E-state index contributed by atoms with van der Waals surface area (Å²) in [5.41, 5.74) is 6.24. The predicted octanol–water partition coefficient (Wildman–Crippen LogP) is 6.56. The van der Waals surface area contributed by atoms with Crippen LogP contribution in [0.15, 0.2) is 89.1 Å². The normalized spacial score (nSPS) is 11.4. The van der Waals surface area contributed by atoms with Crippen LogP contribution in [0.1, 0.15) is 5.69 Å². The number of H-pyrrole nitrogens is 1. The van der Waals surface area contributed by atoms with Crippen molar-refractivity contribution in [3.8, 4) is 11.1 Å². The zero-order valence-electron chi connectivity index (χ0n) is 13.4. The number of hydrogen-bond acceptors (Lipinski definition) is 2. The molecule has 24 heavy (non-hydrogen) atoms. The van der Waals surface area contributed by atoms with Crippen LogP contribution in [-0.4, -0.2) is 4.98 Å². The summed E-state index contributed by atoms with van der Waals surface area (Å²) in [6, 6.07) is 26.6. The molecule has 1 N–H and O–H groups in total. The van der Waals surface area contributed by atoms with Gasteiger partial charge in [0.2, 0.25) is 0 Å². The fraction of sp³-hybridized carbons (Fsp3) is 0.0476. The minimum absolute atomic E-state index is 0.847. The number of hydrogen-bond donors (Lipinski definition) is 1. The third-order valence-corrected chi connectivity index (χ3v) is 4.10. The number of fused-ring (bicyclic) bond motifs is 1. The molecule has 0 saturated carbocycles. The highest BCUT2D eigenvalue weighted by molar-refractivity contribution is 5.92. The van der Waals surface area contributed by atoms with Gasteiger partial charge in [-0.15, -0.1) is 5.11 Å². The van der Waals surface area contributed by atoms with E-state index in [4.69, 9.17) is 0 Å². The highest BCUT2D eigenvalue weighted by Crippen LogP contribution is 2.31. The van der Waals surface area contributed by atoms with E-state index in [0.29, 0.717) is 0 Å². The third kappa shape index (κ3) is 2.72. The highest BCUT2D eigenvalue weighted by atomic mass is 15.1. The van der Waals surface area contributed by atoms with Crippen molar-refractivity contribution in [2.24, 2.45) is 10.2 Å². The average Bonchev–Trinajstić information content (AvgIpc) is 2.96. The van der Waals surface area contributed by atoms with Gasteiger partial charge in [0.05, 0.1) is 5.69 Å². The number of rotatable bonds is 3. The molecule has 0 aliphatic rings. The fourth-order valence-corrected chi connectivity index (χ4v) is 2.85. The molecule has 4 aromatic rings. The maximum Gasteiger partial charge on any atom is 0.114 e. The van der Waals surface area contributed by atoms with Crippen LogP contribution in [0.3, 0.4) is 0 Å². The molecule has 0 fully saturated rings. The molecule has 0 spiro atoms. The van der Waals surface area contributed by atoms with Gasteiger partial charge >= 0.3 is 0 Å². The molecule has 0 saturated heterocycles. The zero-order valence-corrected chi connectivity index (χ0v) is 13.4. The van der Waals surface area contributed by atoms with Crippen molar-refractivity contribution >= 4 is 22.3 Å². The van der Waals surface area contributed by atoms with Crippen LogP contribution >= 0.6 is 0 Å². The molecule has 116 valence electrons. The van der Waals surface area contributed by atoms with Crippen LogP contribution in [-0.2, 0) is 0 Å². The summed E-state index contributed by atoms with van der Waals surface area (Å²) in [6.07, 6.45) is 0. The van der Waals surface area contributed by atoms with E-state index in [-0.39, 0.29) is 0 Å². The van der Waals surface area contributed by atoms with Crippen LogP contribution in [0.2, 0.25) is 0 Å². The Morgan fingerprint density at radius 2 is 1.33 bits per heavy atom. The summed E-state index contributed by atoms with van der Waals surface area (Å²) < 4.78 is 0. The van der Waals surface area contributed by atoms with Crippen LogP contribution in [0.5, 0.6) is 0 Å². The largest absolute Gasteiger partial charge is 0.357 e. The molecule has 3 heteroatoms. The Bertz CT molecular complexity index is 996. The quantitative estimate of drug-likeness (QED) is 0.416. The lowest BCUT2D eigenvalue weighted by Crippen LogP contribution is -1.75. The molecule has 0 atom stereocenters. The Morgan fingerprint density at radius 1 is 0.667 bits per heavy atom. The highest BCUT2D eigenvalue weighted by Gasteiger charge is 2.06. The first-order valence-electron chi connectivity index (χ1n) is 7.96. The Labute approximate surface area is 140 Å². The summed E-state index contributed by atoms with van der Waals surface area (Å²) >= 11 is 0. The third-order valence-electron chi connectivity index (χ3n) is 4.10. The summed E-state index contributed by atoms with van der Waals surface area (Å²) in [7, 11) is 0. The lowest BCUT2D eigenvalue weighted by atomic mass is 10.1. The smallest absolute Gasteiger partial charge is 0.114 e. The van der Waals surface area contributed by atoms with E-state index in [1.807, 2.05) is 49.4 Å². The molecule has 3 nitrogen and oxygen atoms in total. The van der Waals surface area contributed by atoms with Crippen LogP contribution < -0.4 is 0 Å². The van der Waals surface area contributed by atoms with Gasteiger partial charge in [-0.25, -0.2) is 0 Å². The second kappa shape index (κ2) is 6.13. The zero-order chi connectivity index (χ0) is 16.4. The first-order chi connectivity index (χ1) is 11.8. The lowest BCUT2D eigenvalue weighted by Gasteiger charge is -2.01. The predicted molar refractivity (Wildman–Crippen MR) is 99.1 cm³/mol. The molecule has 4 rings (SSSR count). The maximum atomic E-state index is 4.46. The first-order valence-corrected chi connectivity index (χ1v) is 7.96. The average molecular weight is 311 g/mol. The number of nitrogens with zero attached hydrogens (tertiary/aromatic N) is 2. The van der Waals surface area contributed by atoms with Gasteiger partial charge in [0.15, 0.2) is 0 Å². The summed E-state index contributed by atoms with van der Waals surface area (Å²) in [4.78, 5) is 3.34. The summed E-state index contributed by atoms with van der Waals surface area (Å²) in [5.74, 6) is 0. The molecule has 0 amide bonds. The van der Waals surface area contributed by atoms with E-state index in [2.05, 4.69) is 51.6 Å². The van der Waals surface area contributed by atoms with Crippen LogP contribution in [0.25, 0.3) is 22.0 Å². The molecule has 0 aliphatic heterocycles. The topological polar surface area (TPSA) is 40.5 Å². The van der Waals surface area contributed by atoms with Crippen molar-refractivity contribution in [1.82, 2.24) is 4.98 Å². The number of aromatic amines is 1. The van der Waals surface area contributed by atoms with Crippen molar-refractivity contribution in [1.29, 1.82) is 0 Å². The number of azo groups is 1. The van der Waals surface area contributed by atoms with E-state index in [1.165, 1.54) is 11.1 Å². The number of benzene rings is 3. The molecule has 0 unspecified atom stereocenters. The first kappa shape index (κ1) is 14.4. The molecular weight excluding hydrogens is 294 g/mol. The molecule has 0 aliphatic carbocycles. The second-order valence-corrected chi connectivity index (χ2v) is 5.76. The van der Waals surface area contributed by atoms with Gasteiger partial charge in [0.25, 0.3) is 0 Å². The number of aryl methyl sites for hydroxylation is 1. The van der Waals surface area contributed by atoms with Gasteiger partial charge in [0.1, 0.15) is 5.69 Å². The van der Waals surface area contributed by atoms with Crippen molar-refractivity contribution in [3.63, 3.8) is 0 Å². The number of aromatic nitrogens is 1. The minimum Gasteiger partial charge on any atom is -0.357 e. The van der Waals surface area contributed by atoms with E-state index in [0.717, 1.165) is 28.0 Å². The molecule has 0 bridgehead atoms. The van der Waals surface area contributed by atoms with E-state index in [1.54, 1.807) is 0 Å². The molecule has 1 aromatic heterocycles. The van der Waals surface area contributed by atoms with Gasteiger partial charge < -0.3 is 4.98 Å². The second-order valence-electron chi connectivity index (χ2n) is 5.76. The Morgan fingerprint density at radius 3 is 2.12 bits per heavy atom. The van der Waals surface area contributed by atoms with E-state index < -0.39 is 0 Å². The maximum absolute atomic E-state index is 4.46. The minimum atomic E-state index is 0.847. The van der Waals surface area contributed by atoms with Crippen molar-refractivity contribution < 1.29 is 0 Å². The molecule has 0 radical (unpaired) electrons. The molecule has 3 aromatic carbocycles. The van der Waals surface area contributed by atoms with Crippen LogP contribution in [0, 0.1) is 6.92 Å². The Hall–Kier alpha value is -3.20. The standard InChI is InChI=1S/C21H17N3/c1-15-21(19-9-5-6-10-20(19)22-15)24-23-18-13-11-17(12-14-18)16-7-3-2-4-8-16/h2-14,22H,1H3. The lowest BCUT2D eigenvalue weighted by molar-refractivity contribution is 1.20. The van der Waals surface area contributed by atoms with Gasteiger partial charge in [-0.05, 0) is 36.2 Å². The van der Waals surface area contributed by atoms with E-state index >= 15 is 0 Å². The SMILES string of the molecule is Cc1[nH]c2ccccc2c1N=Nc1ccc(-c2ccccc2)cc1. The molecular formula is C21H17N3. The number of para-hydroxylation sites is 1. The van der Waals surface area contributed by atoms with Gasteiger partial charge in [-0.1, -0.05) is 60.7 Å².